The van der Waals surface area contributed by atoms with E-state index in [9.17, 15) is 13.2 Å². The van der Waals surface area contributed by atoms with Crippen molar-refractivity contribution in [2.45, 2.75) is 63.3 Å². The Balaban J connectivity index is 1.72. The van der Waals surface area contributed by atoms with Crippen LogP contribution in [0.25, 0.3) is 0 Å². The molecule has 2 aromatic carbocycles. The zero-order chi connectivity index (χ0) is 22.3. The standard InChI is InChI=1S/C24H31N3O3S/c1-3-20-11-13-21(14-12-20)17-25-26-24(28)18-27(22-7-5-4-6-8-22)31(29,30)23-15-9-19(2)10-16-23/h9-17,22H,3-8,18H2,1-2H3,(H,26,28)/b25-17-. The first-order valence-corrected chi connectivity index (χ1v) is 12.3. The number of carbonyl (C=O) groups excluding carboxylic acids is 1. The largest absolute Gasteiger partial charge is 0.272 e. The number of rotatable bonds is 8. The molecule has 6 nitrogen and oxygen atoms in total. The number of hydrazone groups is 1. The highest BCUT2D eigenvalue weighted by molar-refractivity contribution is 7.89. The first-order chi connectivity index (χ1) is 14.9. The van der Waals surface area contributed by atoms with Gasteiger partial charge in [0.1, 0.15) is 0 Å². The summed E-state index contributed by atoms with van der Waals surface area (Å²) in [6.45, 7) is 3.76. The van der Waals surface area contributed by atoms with Crippen LogP contribution in [0.1, 0.15) is 55.7 Å². The van der Waals surface area contributed by atoms with E-state index in [4.69, 9.17) is 0 Å². The van der Waals surface area contributed by atoms with E-state index < -0.39 is 15.9 Å². The molecule has 0 aromatic heterocycles. The van der Waals surface area contributed by atoms with Crippen LogP contribution in [0.2, 0.25) is 0 Å². The molecule has 166 valence electrons. The molecule has 0 radical (unpaired) electrons. The highest BCUT2D eigenvalue weighted by atomic mass is 32.2. The number of carbonyl (C=O) groups is 1. The second kappa shape index (κ2) is 10.7. The lowest BCUT2D eigenvalue weighted by Crippen LogP contribution is -2.46. The summed E-state index contributed by atoms with van der Waals surface area (Å²) in [6, 6.07) is 14.5. The number of hydrogen-bond donors (Lipinski definition) is 1. The molecule has 7 heteroatoms. The maximum Gasteiger partial charge on any atom is 0.255 e. The summed E-state index contributed by atoms with van der Waals surface area (Å²) in [5, 5.41) is 4.02. The molecular formula is C24H31N3O3S. The Bertz CT molecular complexity index is 993. The minimum Gasteiger partial charge on any atom is -0.272 e. The van der Waals surface area contributed by atoms with Crippen molar-refractivity contribution in [1.29, 1.82) is 0 Å². The van der Waals surface area contributed by atoms with Crippen molar-refractivity contribution >= 4 is 22.1 Å². The number of nitrogens with one attached hydrogen (secondary N) is 1. The van der Waals surface area contributed by atoms with Gasteiger partial charge >= 0.3 is 0 Å². The average Bonchev–Trinajstić information content (AvgIpc) is 2.78. The van der Waals surface area contributed by atoms with Crippen LogP contribution in [0.4, 0.5) is 0 Å². The van der Waals surface area contributed by atoms with E-state index in [0.29, 0.717) is 0 Å². The lowest BCUT2D eigenvalue weighted by Gasteiger charge is -2.32. The van der Waals surface area contributed by atoms with E-state index in [1.165, 1.54) is 9.87 Å². The molecule has 0 saturated heterocycles. The molecule has 1 aliphatic carbocycles. The van der Waals surface area contributed by atoms with Crippen molar-refractivity contribution < 1.29 is 13.2 Å². The molecule has 0 aliphatic heterocycles. The topological polar surface area (TPSA) is 78.8 Å². The molecule has 1 amide bonds. The molecule has 1 aliphatic rings. The molecule has 1 N–H and O–H groups in total. The fourth-order valence-corrected chi connectivity index (χ4v) is 5.46. The Morgan fingerprint density at radius 1 is 1.06 bits per heavy atom. The number of aryl methyl sites for hydroxylation is 2. The monoisotopic (exact) mass is 441 g/mol. The highest BCUT2D eigenvalue weighted by Gasteiger charge is 2.33. The fraction of sp³-hybridized carbons (Fsp3) is 0.417. The lowest BCUT2D eigenvalue weighted by atomic mass is 9.95. The molecule has 3 rings (SSSR count). The quantitative estimate of drug-likeness (QED) is 0.496. The molecule has 0 heterocycles. The highest BCUT2D eigenvalue weighted by Crippen LogP contribution is 2.27. The van der Waals surface area contributed by atoms with Gasteiger partial charge in [-0.25, -0.2) is 13.8 Å². The summed E-state index contributed by atoms with van der Waals surface area (Å²) < 4.78 is 28.0. The number of sulfonamides is 1. The summed E-state index contributed by atoms with van der Waals surface area (Å²) in [4.78, 5) is 12.8. The summed E-state index contributed by atoms with van der Waals surface area (Å²) in [5.41, 5.74) is 5.57. The smallest absolute Gasteiger partial charge is 0.255 e. The van der Waals surface area contributed by atoms with Gasteiger partial charge in [-0.3, -0.25) is 4.79 Å². The second-order valence-corrected chi connectivity index (χ2v) is 9.93. The van der Waals surface area contributed by atoms with Gasteiger partial charge in [-0.1, -0.05) is 68.1 Å². The van der Waals surface area contributed by atoms with Crippen molar-refractivity contribution in [3.63, 3.8) is 0 Å². The van der Waals surface area contributed by atoms with E-state index in [0.717, 1.165) is 49.7 Å². The Hall–Kier alpha value is -2.51. The normalized spacial score (nSPS) is 15.5. The molecule has 0 bridgehead atoms. The van der Waals surface area contributed by atoms with E-state index in [-0.39, 0.29) is 17.5 Å². The molecular weight excluding hydrogens is 410 g/mol. The number of amides is 1. The van der Waals surface area contributed by atoms with Gasteiger partial charge in [0.05, 0.1) is 17.7 Å². The van der Waals surface area contributed by atoms with Crippen molar-refractivity contribution in [1.82, 2.24) is 9.73 Å². The maximum absolute atomic E-state index is 13.3. The Morgan fingerprint density at radius 3 is 2.32 bits per heavy atom. The Kier molecular flexibility index (Phi) is 7.98. The van der Waals surface area contributed by atoms with Crippen LogP contribution in [-0.4, -0.2) is 37.4 Å². The first-order valence-electron chi connectivity index (χ1n) is 10.9. The predicted molar refractivity (Wildman–Crippen MR) is 124 cm³/mol. The van der Waals surface area contributed by atoms with Crippen LogP contribution >= 0.6 is 0 Å². The van der Waals surface area contributed by atoms with E-state index in [2.05, 4.69) is 17.5 Å². The maximum atomic E-state index is 13.3. The third kappa shape index (κ3) is 6.24. The third-order valence-corrected chi connectivity index (χ3v) is 7.61. The summed E-state index contributed by atoms with van der Waals surface area (Å²) >= 11 is 0. The molecule has 1 fully saturated rings. The average molecular weight is 442 g/mol. The van der Waals surface area contributed by atoms with Crippen LogP contribution in [-0.2, 0) is 21.2 Å². The van der Waals surface area contributed by atoms with E-state index in [1.54, 1.807) is 30.5 Å². The van der Waals surface area contributed by atoms with Gasteiger partial charge < -0.3 is 0 Å². The van der Waals surface area contributed by atoms with Crippen LogP contribution in [0.5, 0.6) is 0 Å². The second-order valence-electron chi connectivity index (χ2n) is 8.04. The molecule has 0 atom stereocenters. The van der Waals surface area contributed by atoms with Gasteiger partial charge in [-0.15, -0.1) is 0 Å². The summed E-state index contributed by atoms with van der Waals surface area (Å²) in [6.07, 6.45) is 7.10. The molecule has 1 saturated carbocycles. The summed E-state index contributed by atoms with van der Waals surface area (Å²) in [5.74, 6) is -0.442. The zero-order valence-corrected chi connectivity index (χ0v) is 19.1. The summed E-state index contributed by atoms with van der Waals surface area (Å²) in [7, 11) is -3.78. The minimum atomic E-state index is -3.78. The minimum absolute atomic E-state index is 0.170. The van der Waals surface area contributed by atoms with Crippen LogP contribution in [0.3, 0.4) is 0 Å². The van der Waals surface area contributed by atoms with Gasteiger partial charge in [-0.05, 0) is 49.4 Å². The Labute approximate surface area is 185 Å². The van der Waals surface area contributed by atoms with E-state index in [1.807, 2.05) is 31.2 Å². The molecule has 31 heavy (non-hydrogen) atoms. The number of hydrogen-bond acceptors (Lipinski definition) is 4. The zero-order valence-electron chi connectivity index (χ0n) is 18.3. The predicted octanol–water partition coefficient (Wildman–Crippen LogP) is 4.03. The van der Waals surface area contributed by atoms with Gasteiger partial charge in [0, 0.05) is 6.04 Å². The third-order valence-electron chi connectivity index (χ3n) is 5.70. The first kappa shape index (κ1) is 23.2. The SMILES string of the molecule is CCc1ccc(/C=N\NC(=O)CN(C2CCCCC2)S(=O)(=O)c2ccc(C)cc2)cc1. The molecule has 0 spiro atoms. The van der Waals surface area contributed by atoms with Gasteiger partial charge in [-0.2, -0.15) is 9.41 Å². The lowest BCUT2D eigenvalue weighted by molar-refractivity contribution is -0.121. The van der Waals surface area contributed by atoms with Crippen LogP contribution in [0.15, 0.2) is 58.5 Å². The number of benzene rings is 2. The van der Waals surface area contributed by atoms with Crippen molar-refractivity contribution in [2.75, 3.05) is 6.54 Å². The fourth-order valence-electron chi connectivity index (χ4n) is 3.82. The van der Waals surface area contributed by atoms with Gasteiger partial charge in [0.2, 0.25) is 10.0 Å². The van der Waals surface area contributed by atoms with Gasteiger partial charge in [0.25, 0.3) is 5.91 Å². The van der Waals surface area contributed by atoms with Crippen molar-refractivity contribution in [3.8, 4) is 0 Å². The van der Waals surface area contributed by atoms with Crippen molar-refractivity contribution in [2.24, 2.45) is 5.10 Å². The molecule has 2 aromatic rings. The van der Waals surface area contributed by atoms with Crippen molar-refractivity contribution in [3.05, 3.63) is 65.2 Å². The van der Waals surface area contributed by atoms with Crippen LogP contribution in [0, 0.1) is 6.92 Å². The Morgan fingerprint density at radius 2 is 1.71 bits per heavy atom. The van der Waals surface area contributed by atoms with Gasteiger partial charge in [0.15, 0.2) is 0 Å². The molecule has 0 unspecified atom stereocenters. The van der Waals surface area contributed by atoms with E-state index >= 15 is 0 Å². The number of nitrogens with zero attached hydrogens (tertiary/aromatic N) is 2. The van der Waals surface area contributed by atoms with Crippen LogP contribution < -0.4 is 5.43 Å².